The molecule has 0 atom stereocenters. The Morgan fingerprint density at radius 2 is 1.76 bits per heavy atom. The van der Waals surface area contributed by atoms with Gasteiger partial charge in [-0.3, -0.25) is 4.79 Å². The molecule has 0 saturated heterocycles. The number of hydrogen-bond donors (Lipinski definition) is 1. The molecule has 0 aliphatic rings. The van der Waals surface area contributed by atoms with Gasteiger partial charge in [0.05, 0.1) is 17.0 Å². The van der Waals surface area contributed by atoms with Crippen molar-refractivity contribution in [3.05, 3.63) is 46.8 Å². The molecule has 2 aromatic rings. The highest BCUT2D eigenvalue weighted by Crippen LogP contribution is 2.19. The highest BCUT2D eigenvalue weighted by Gasteiger charge is 2.22. The fourth-order valence-corrected chi connectivity index (χ4v) is 2.68. The Kier molecular flexibility index (Phi) is 6.33. The number of nitrogen functional groups attached to an aromatic ring is 1. The first-order valence-corrected chi connectivity index (χ1v) is 8.64. The summed E-state index contributed by atoms with van der Waals surface area (Å²) in [6.45, 7) is 9.18. The molecule has 0 saturated carbocycles. The molecule has 134 valence electrons. The maximum Gasteiger partial charge on any atom is 0.257 e. The summed E-state index contributed by atoms with van der Waals surface area (Å²) in [7, 11) is 0. The number of amides is 1. The standard InChI is InChI=1S/C19H26N4O2/c1-5-14-8-10-15(11-9-14)25-12-16-17(13(4)21-19(20)22-16)18(24)23(6-2)7-3/h8-11H,5-7,12H2,1-4H3,(H2,20,21,22). The monoisotopic (exact) mass is 342 g/mol. The predicted molar refractivity (Wildman–Crippen MR) is 98.6 cm³/mol. The highest BCUT2D eigenvalue weighted by molar-refractivity contribution is 5.96. The Bertz CT molecular complexity index is 725. The molecular formula is C19H26N4O2. The van der Waals surface area contributed by atoms with Crippen molar-refractivity contribution in [3.8, 4) is 5.75 Å². The van der Waals surface area contributed by atoms with Gasteiger partial charge in [0.1, 0.15) is 12.4 Å². The molecule has 6 nitrogen and oxygen atoms in total. The van der Waals surface area contributed by atoms with Gasteiger partial charge in [0.15, 0.2) is 0 Å². The second-order valence-electron chi connectivity index (χ2n) is 5.75. The van der Waals surface area contributed by atoms with Crippen LogP contribution in [0.25, 0.3) is 0 Å². The van der Waals surface area contributed by atoms with Gasteiger partial charge in [0.2, 0.25) is 5.95 Å². The number of anilines is 1. The third-order valence-corrected chi connectivity index (χ3v) is 4.15. The molecule has 0 aliphatic heterocycles. The van der Waals surface area contributed by atoms with Gasteiger partial charge in [0.25, 0.3) is 5.91 Å². The SMILES string of the molecule is CCc1ccc(OCc2nc(N)nc(C)c2C(=O)N(CC)CC)cc1. The largest absolute Gasteiger partial charge is 0.487 e. The van der Waals surface area contributed by atoms with Crippen LogP contribution in [0.3, 0.4) is 0 Å². The lowest BCUT2D eigenvalue weighted by molar-refractivity contribution is 0.0768. The summed E-state index contributed by atoms with van der Waals surface area (Å²) >= 11 is 0. The summed E-state index contributed by atoms with van der Waals surface area (Å²) in [6.07, 6.45) is 0.977. The number of nitrogens with zero attached hydrogens (tertiary/aromatic N) is 3. The van der Waals surface area contributed by atoms with Crippen LogP contribution >= 0.6 is 0 Å². The lowest BCUT2D eigenvalue weighted by atomic mass is 10.1. The van der Waals surface area contributed by atoms with Crippen LogP contribution in [0.15, 0.2) is 24.3 Å². The average molecular weight is 342 g/mol. The van der Waals surface area contributed by atoms with E-state index in [0.29, 0.717) is 30.0 Å². The van der Waals surface area contributed by atoms with E-state index in [-0.39, 0.29) is 18.5 Å². The van der Waals surface area contributed by atoms with Crippen LogP contribution in [0, 0.1) is 6.92 Å². The summed E-state index contributed by atoms with van der Waals surface area (Å²) in [5.74, 6) is 0.782. The number of benzene rings is 1. The van der Waals surface area contributed by atoms with E-state index in [0.717, 1.165) is 12.2 Å². The number of carbonyl (C=O) groups is 1. The van der Waals surface area contributed by atoms with E-state index in [2.05, 4.69) is 16.9 Å². The minimum absolute atomic E-state index is 0.0950. The van der Waals surface area contributed by atoms with Gasteiger partial charge in [-0.1, -0.05) is 19.1 Å². The lowest BCUT2D eigenvalue weighted by Crippen LogP contribution is -2.32. The lowest BCUT2D eigenvalue weighted by Gasteiger charge is -2.21. The molecule has 6 heteroatoms. The molecule has 2 N–H and O–H groups in total. The summed E-state index contributed by atoms with van der Waals surface area (Å²) in [5.41, 5.74) is 8.58. The van der Waals surface area contributed by atoms with E-state index in [9.17, 15) is 4.79 Å². The first-order valence-electron chi connectivity index (χ1n) is 8.64. The molecule has 1 aromatic heterocycles. The maximum absolute atomic E-state index is 12.8. The zero-order chi connectivity index (χ0) is 18.4. The first-order chi connectivity index (χ1) is 12.0. The summed E-state index contributed by atoms with van der Waals surface area (Å²) in [4.78, 5) is 22.9. The summed E-state index contributed by atoms with van der Waals surface area (Å²) in [6, 6.07) is 7.89. The Hall–Kier alpha value is -2.63. The van der Waals surface area contributed by atoms with Crippen molar-refractivity contribution in [2.24, 2.45) is 0 Å². The Morgan fingerprint density at radius 3 is 2.32 bits per heavy atom. The average Bonchev–Trinajstić information content (AvgIpc) is 2.60. The van der Waals surface area contributed by atoms with Crippen LogP contribution in [0.1, 0.15) is 48.1 Å². The summed E-state index contributed by atoms with van der Waals surface area (Å²) < 4.78 is 5.82. The van der Waals surface area contributed by atoms with Crippen molar-refractivity contribution < 1.29 is 9.53 Å². The maximum atomic E-state index is 12.8. The van der Waals surface area contributed by atoms with E-state index < -0.39 is 0 Å². The van der Waals surface area contributed by atoms with Crippen molar-refractivity contribution in [1.29, 1.82) is 0 Å². The number of carbonyl (C=O) groups excluding carboxylic acids is 1. The second-order valence-corrected chi connectivity index (χ2v) is 5.75. The minimum Gasteiger partial charge on any atom is -0.487 e. The smallest absolute Gasteiger partial charge is 0.257 e. The second kappa shape index (κ2) is 8.46. The van der Waals surface area contributed by atoms with Gasteiger partial charge in [-0.25, -0.2) is 9.97 Å². The Balaban J connectivity index is 2.27. The minimum atomic E-state index is -0.0950. The van der Waals surface area contributed by atoms with Crippen LogP contribution in [0.2, 0.25) is 0 Å². The molecule has 0 radical (unpaired) electrons. The molecule has 0 fully saturated rings. The topological polar surface area (TPSA) is 81.3 Å². The normalized spacial score (nSPS) is 10.6. The Labute approximate surface area is 149 Å². The number of nitrogens with two attached hydrogens (primary N) is 1. The van der Waals surface area contributed by atoms with E-state index in [1.807, 2.05) is 38.1 Å². The van der Waals surface area contributed by atoms with Gasteiger partial charge in [0, 0.05) is 13.1 Å². The van der Waals surface area contributed by atoms with E-state index >= 15 is 0 Å². The molecule has 1 heterocycles. The Morgan fingerprint density at radius 1 is 1.12 bits per heavy atom. The molecule has 2 rings (SSSR count). The van der Waals surface area contributed by atoms with Crippen molar-refractivity contribution in [3.63, 3.8) is 0 Å². The molecule has 1 aromatic carbocycles. The van der Waals surface area contributed by atoms with Crippen molar-refractivity contribution >= 4 is 11.9 Å². The van der Waals surface area contributed by atoms with Crippen molar-refractivity contribution in [2.45, 2.75) is 40.7 Å². The van der Waals surface area contributed by atoms with Crippen LogP contribution in [0.4, 0.5) is 5.95 Å². The van der Waals surface area contributed by atoms with Crippen LogP contribution in [-0.2, 0) is 13.0 Å². The van der Waals surface area contributed by atoms with Crippen LogP contribution in [0.5, 0.6) is 5.75 Å². The third-order valence-electron chi connectivity index (χ3n) is 4.15. The number of ether oxygens (including phenoxy) is 1. The summed E-state index contributed by atoms with van der Waals surface area (Å²) in [5, 5.41) is 0. The third kappa shape index (κ3) is 4.47. The molecule has 25 heavy (non-hydrogen) atoms. The first kappa shape index (κ1) is 18.7. The predicted octanol–water partition coefficient (Wildman–Crippen LogP) is 2.99. The number of aryl methyl sites for hydroxylation is 2. The fourth-order valence-electron chi connectivity index (χ4n) is 2.68. The fraction of sp³-hybridized carbons (Fsp3) is 0.421. The van der Waals surface area contributed by atoms with Crippen molar-refractivity contribution in [1.82, 2.24) is 14.9 Å². The molecule has 0 spiro atoms. The highest BCUT2D eigenvalue weighted by atomic mass is 16.5. The zero-order valence-corrected chi connectivity index (χ0v) is 15.4. The molecule has 1 amide bonds. The molecular weight excluding hydrogens is 316 g/mol. The van der Waals surface area contributed by atoms with Gasteiger partial charge >= 0.3 is 0 Å². The zero-order valence-electron chi connectivity index (χ0n) is 15.4. The number of rotatable bonds is 7. The molecule has 0 aliphatic carbocycles. The van der Waals surface area contributed by atoms with Crippen LogP contribution < -0.4 is 10.5 Å². The van der Waals surface area contributed by atoms with Gasteiger partial charge in [-0.15, -0.1) is 0 Å². The van der Waals surface area contributed by atoms with E-state index in [4.69, 9.17) is 10.5 Å². The molecule has 0 unspecified atom stereocenters. The van der Waals surface area contributed by atoms with E-state index in [1.54, 1.807) is 11.8 Å². The van der Waals surface area contributed by atoms with Gasteiger partial charge in [-0.2, -0.15) is 0 Å². The van der Waals surface area contributed by atoms with E-state index in [1.165, 1.54) is 5.56 Å². The van der Waals surface area contributed by atoms with Crippen molar-refractivity contribution in [2.75, 3.05) is 18.8 Å². The van der Waals surface area contributed by atoms with Gasteiger partial charge < -0.3 is 15.4 Å². The number of aromatic nitrogens is 2. The van der Waals surface area contributed by atoms with Gasteiger partial charge in [-0.05, 0) is 44.9 Å². The van der Waals surface area contributed by atoms with Crippen LogP contribution in [-0.4, -0.2) is 33.9 Å². The quantitative estimate of drug-likeness (QED) is 0.836. The number of hydrogen-bond acceptors (Lipinski definition) is 5. The molecule has 0 bridgehead atoms.